The smallest absolute Gasteiger partial charge is 0.0695 e. The minimum absolute atomic E-state index is 0.496. The van der Waals surface area contributed by atoms with Gasteiger partial charge in [0.1, 0.15) is 0 Å². The molecule has 1 aromatic carbocycles. The average Bonchev–Trinajstić information content (AvgIpc) is 2.92. The van der Waals surface area contributed by atoms with E-state index in [2.05, 4.69) is 53.6 Å². The highest BCUT2D eigenvalue weighted by molar-refractivity contribution is 5.62. The van der Waals surface area contributed by atoms with Crippen LogP contribution in [-0.4, -0.2) is 41.8 Å². The van der Waals surface area contributed by atoms with E-state index in [1.54, 1.807) is 0 Å². The molecule has 0 aliphatic rings. The number of rotatable bonds is 7. The van der Waals surface area contributed by atoms with E-state index in [1.165, 1.54) is 11.1 Å². The Hall–Kier alpha value is -1.65. The number of aromatic nitrogens is 2. The lowest BCUT2D eigenvalue weighted by Crippen LogP contribution is -2.29. The molecule has 1 aromatic heterocycles. The third-order valence-electron chi connectivity index (χ3n) is 3.43. The molecule has 0 radical (unpaired) electrons. The molecule has 0 amide bonds. The van der Waals surface area contributed by atoms with Gasteiger partial charge in [-0.05, 0) is 39.5 Å². The third kappa shape index (κ3) is 4.18. The lowest BCUT2D eigenvalue weighted by atomic mass is 10.1. The zero-order valence-corrected chi connectivity index (χ0v) is 12.6. The number of nitrogens with zero attached hydrogens (tertiary/aromatic N) is 2. The standard InChI is InChI=1S/C16H24N4/c1-13(9-10-20(2)3)17-11-15-12-18-19-16(15)14-7-5-4-6-8-14/h4-8,12-13,17H,9-11H2,1-3H3,(H,18,19). The average molecular weight is 272 g/mol. The van der Waals surface area contributed by atoms with Crippen molar-refractivity contribution in [3.8, 4) is 11.3 Å². The van der Waals surface area contributed by atoms with E-state index in [4.69, 9.17) is 0 Å². The van der Waals surface area contributed by atoms with Gasteiger partial charge in [-0.1, -0.05) is 30.3 Å². The van der Waals surface area contributed by atoms with E-state index >= 15 is 0 Å². The van der Waals surface area contributed by atoms with Crippen LogP contribution < -0.4 is 5.32 Å². The van der Waals surface area contributed by atoms with Crippen molar-refractivity contribution in [3.05, 3.63) is 42.1 Å². The first-order chi connectivity index (χ1) is 9.66. The van der Waals surface area contributed by atoms with E-state index < -0.39 is 0 Å². The lowest BCUT2D eigenvalue weighted by molar-refractivity contribution is 0.366. The minimum atomic E-state index is 0.496. The molecule has 0 saturated carbocycles. The molecule has 4 heteroatoms. The molecule has 1 unspecified atom stereocenters. The maximum absolute atomic E-state index is 4.18. The lowest BCUT2D eigenvalue weighted by Gasteiger charge is -2.16. The Morgan fingerprint density at radius 3 is 2.70 bits per heavy atom. The van der Waals surface area contributed by atoms with Crippen LogP contribution in [0, 0.1) is 0 Å². The number of nitrogens with one attached hydrogen (secondary N) is 2. The molecular formula is C16H24N4. The van der Waals surface area contributed by atoms with Crippen molar-refractivity contribution in [2.75, 3.05) is 20.6 Å². The minimum Gasteiger partial charge on any atom is -0.310 e. The first kappa shape index (κ1) is 14.8. The van der Waals surface area contributed by atoms with Crippen molar-refractivity contribution in [3.63, 3.8) is 0 Å². The van der Waals surface area contributed by atoms with Crippen molar-refractivity contribution >= 4 is 0 Å². The summed E-state index contributed by atoms with van der Waals surface area (Å²) < 4.78 is 0. The highest BCUT2D eigenvalue weighted by Crippen LogP contribution is 2.20. The number of aromatic amines is 1. The summed E-state index contributed by atoms with van der Waals surface area (Å²) in [4.78, 5) is 2.21. The Kier molecular flexibility index (Phi) is 5.32. The van der Waals surface area contributed by atoms with Crippen molar-refractivity contribution in [2.45, 2.75) is 25.9 Å². The molecule has 0 fully saturated rings. The van der Waals surface area contributed by atoms with Gasteiger partial charge in [-0.25, -0.2) is 0 Å². The molecule has 0 aliphatic heterocycles. The van der Waals surface area contributed by atoms with E-state index in [0.29, 0.717) is 6.04 Å². The summed E-state index contributed by atoms with van der Waals surface area (Å²) in [5.41, 5.74) is 3.51. The van der Waals surface area contributed by atoms with Crippen LogP contribution in [0.4, 0.5) is 0 Å². The van der Waals surface area contributed by atoms with Gasteiger partial charge in [0.15, 0.2) is 0 Å². The summed E-state index contributed by atoms with van der Waals surface area (Å²) in [6, 6.07) is 10.8. The fraction of sp³-hybridized carbons (Fsp3) is 0.438. The SMILES string of the molecule is CC(CCN(C)C)NCc1cn[nH]c1-c1ccccc1. The molecule has 0 aliphatic carbocycles. The molecule has 108 valence electrons. The van der Waals surface area contributed by atoms with Gasteiger partial charge >= 0.3 is 0 Å². The second-order valence-corrected chi connectivity index (χ2v) is 5.51. The van der Waals surface area contributed by atoms with Gasteiger partial charge in [-0.2, -0.15) is 5.10 Å². The van der Waals surface area contributed by atoms with Gasteiger partial charge < -0.3 is 10.2 Å². The van der Waals surface area contributed by atoms with Crippen LogP contribution in [0.2, 0.25) is 0 Å². The number of benzene rings is 1. The number of hydrogen-bond donors (Lipinski definition) is 2. The molecule has 0 bridgehead atoms. The molecule has 20 heavy (non-hydrogen) atoms. The molecule has 1 heterocycles. The molecule has 4 nitrogen and oxygen atoms in total. The predicted octanol–water partition coefficient (Wildman–Crippen LogP) is 2.51. The molecular weight excluding hydrogens is 248 g/mol. The Morgan fingerprint density at radius 2 is 2.00 bits per heavy atom. The second kappa shape index (κ2) is 7.22. The maximum atomic E-state index is 4.18. The highest BCUT2D eigenvalue weighted by Gasteiger charge is 2.09. The van der Waals surface area contributed by atoms with E-state index in [-0.39, 0.29) is 0 Å². The van der Waals surface area contributed by atoms with Gasteiger partial charge in [-0.3, -0.25) is 5.10 Å². The van der Waals surface area contributed by atoms with Crippen LogP contribution in [0.25, 0.3) is 11.3 Å². The van der Waals surface area contributed by atoms with Gasteiger partial charge in [0, 0.05) is 18.2 Å². The topological polar surface area (TPSA) is 44.0 Å². The Morgan fingerprint density at radius 1 is 1.25 bits per heavy atom. The fourth-order valence-corrected chi connectivity index (χ4v) is 2.14. The predicted molar refractivity (Wildman–Crippen MR) is 83.5 cm³/mol. The Labute approximate surface area is 121 Å². The first-order valence-corrected chi connectivity index (χ1v) is 7.12. The van der Waals surface area contributed by atoms with E-state index in [9.17, 15) is 0 Å². The van der Waals surface area contributed by atoms with Crippen LogP contribution in [0.15, 0.2) is 36.5 Å². The number of H-pyrrole nitrogens is 1. The van der Waals surface area contributed by atoms with Crippen LogP contribution >= 0.6 is 0 Å². The van der Waals surface area contributed by atoms with Gasteiger partial charge in [-0.15, -0.1) is 0 Å². The molecule has 2 N–H and O–H groups in total. The fourth-order valence-electron chi connectivity index (χ4n) is 2.14. The molecule has 0 saturated heterocycles. The van der Waals surface area contributed by atoms with Gasteiger partial charge in [0.05, 0.1) is 11.9 Å². The summed E-state index contributed by atoms with van der Waals surface area (Å²) in [7, 11) is 4.21. The van der Waals surface area contributed by atoms with Crippen molar-refractivity contribution in [1.82, 2.24) is 20.4 Å². The molecule has 1 atom stereocenters. The molecule has 2 aromatic rings. The van der Waals surface area contributed by atoms with E-state index in [1.807, 2.05) is 24.4 Å². The van der Waals surface area contributed by atoms with Crippen LogP contribution in [0.3, 0.4) is 0 Å². The normalized spacial score (nSPS) is 12.8. The van der Waals surface area contributed by atoms with Crippen molar-refractivity contribution < 1.29 is 0 Å². The maximum Gasteiger partial charge on any atom is 0.0695 e. The monoisotopic (exact) mass is 272 g/mol. The summed E-state index contributed by atoms with van der Waals surface area (Å²) in [6.45, 7) is 4.17. The summed E-state index contributed by atoms with van der Waals surface area (Å²) >= 11 is 0. The van der Waals surface area contributed by atoms with Crippen molar-refractivity contribution in [1.29, 1.82) is 0 Å². The molecule has 2 rings (SSSR count). The second-order valence-electron chi connectivity index (χ2n) is 5.51. The van der Waals surface area contributed by atoms with E-state index in [0.717, 1.165) is 25.2 Å². The summed E-state index contributed by atoms with van der Waals surface area (Å²) in [5.74, 6) is 0. The quantitative estimate of drug-likeness (QED) is 0.814. The van der Waals surface area contributed by atoms with Gasteiger partial charge in [0.25, 0.3) is 0 Å². The third-order valence-corrected chi connectivity index (χ3v) is 3.43. The largest absolute Gasteiger partial charge is 0.310 e. The molecule has 0 spiro atoms. The van der Waals surface area contributed by atoms with Crippen LogP contribution in [-0.2, 0) is 6.54 Å². The highest BCUT2D eigenvalue weighted by atomic mass is 15.1. The summed E-state index contributed by atoms with van der Waals surface area (Å²) in [6.07, 6.45) is 3.06. The van der Waals surface area contributed by atoms with Gasteiger partial charge in [0.2, 0.25) is 0 Å². The first-order valence-electron chi connectivity index (χ1n) is 7.12. The number of hydrogen-bond acceptors (Lipinski definition) is 3. The Balaban J connectivity index is 1.93. The summed E-state index contributed by atoms with van der Waals surface area (Å²) in [5, 5.41) is 10.8. The van der Waals surface area contributed by atoms with Crippen molar-refractivity contribution in [2.24, 2.45) is 0 Å². The zero-order valence-electron chi connectivity index (χ0n) is 12.6. The Bertz CT molecular complexity index is 504. The van der Waals surface area contributed by atoms with Crippen LogP contribution in [0.1, 0.15) is 18.9 Å². The van der Waals surface area contributed by atoms with Crippen LogP contribution in [0.5, 0.6) is 0 Å². The zero-order chi connectivity index (χ0) is 14.4.